The number of halogens is 4. The first kappa shape index (κ1) is 14.6. The van der Waals surface area contributed by atoms with Gasteiger partial charge in [0.05, 0.1) is 5.56 Å². The monoisotopic (exact) mass is 282 g/mol. The summed E-state index contributed by atoms with van der Waals surface area (Å²) in [7, 11) is 0. The first-order valence-corrected chi connectivity index (χ1v) is 6.26. The summed E-state index contributed by atoms with van der Waals surface area (Å²) in [5.41, 5.74) is 1.42. The van der Waals surface area contributed by atoms with Gasteiger partial charge in [0.2, 0.25) is 0 Å². The molecule has 0 radical (unpaired) electrons. The fourth-order valence-electron chi connectivity index (χ4n) is 2.12. The highest BCUT2D eigenvalue weighted by atomic mass is 19.4. The van der Waals surface area contributed by atoms with Gasteiger partial charge in [-0.1, -0.05) is 32.0 Å². The van der Waals surface area contributed by atoms with Gasteiger partial charge in [-0.25, -0.2) is 4.39 Å². The Kier molecular flexibility index (Phi) is 3.84. The summed E-state index contributed by atoms with van der Waals surface area (Å²) >= 11 is 0. The van der Waals surface area contributed by atoms with E-state index in [9.17, 15) is 17.6 Å². The molecule has 0 fully saturated rings. The van der Waals surface area contributed by atoms with Crippen LogP contribution in [0.3, 0.4) is 0 Å². The van der Waals surface area contributed by atoms with Crippen molar-refractivity contribution in [1.29, 1.82) is 0 Å². The maximum absolute atomic E-state index is 13.4. The second kappa shape index (κ2) is 5.27. The Morgan fingerprint density at radius 1 is 0.900 bits per heavy atom. The first-order chi connectivity index (χ1) is 9.29. The smallest absolute Gasteiger partial charge is 0.207 e. The summed E-state index contributed by atoms with van der Waals surface area (Å²) in [6.07, 6.45) is -4.36. The van der Waals surface area contributed by atoms with Crippen molar-refractivity contribution in [3.05, 3.63) is 59.4 Å². The Morgan fingerprint density at radius 2 is 1.50 bits per heavy atom. The lowest BCUT2D eigenvalue weighted by molar-refractivity contribution is -0.137. The summed E-state index contributed by atoms with van der Waals surface area (Å²) in [5.74, 6) is -0.239. The maximum Gasteiger partial charge on any atom is 0.416 e. The number of rotatable bonds is 2. The number of hydrogen-bond donors (Lipinski definition) is 0. The largest absolute Gasteiger partial charge is 0.416 e. The van der Waals surface area contributed by atoms with Crippen molar-refractivity contribution in [2.24, 2.45) is 0 Å². The fourth-order valence-corrected chi connectivity index (χ4v) is 2.12. The van der Waals surface area contributed by atoms with Crippen LogP contribution in [0, 0.1) is 5.82 Å². The lowest BCUT2D eigenvalue weighted by atomic mass is 9.92. The predicted octanol–water partition coefficient (Wildman–Crippen LogP) is 5.63. The second-order valence-corrected chi connectivity index (χ2v) is 4.96. The van der Waals surface area contributed by atoms with Crippen LogP contribution in [0.25, 0.3) is 11.1 Å². The molecule has 0 aliphatic carbocycles. The molecule has 2 aromatic carbocycles. The molecule has 0 saturated carbocycles. The molecule has 0 nitrogen and oxygen atoms in total. The predicted molar refractivity (Wildman–Crippen MR) is 70.9 cm³/mol. The molecule has 0 spiro atoms. The zero-order valence-corrected chi connectivity index (χ0v) is 11.1. The Hall–Kier alpha value is -1.84. The molecule has 0 aliphatic heterocycles. The fraction of sp³-hybridized carbons (Fsp3) is 0.250. The van der Waals surface area contributed by atoms with Crippen molar-refractivity contribution in [3.63, 3.8) is 0 Å². The molecule has 0 heterocycles. The van der Waals surface area contributed by atoms with E-state index in [0.717, 1.165) is 17.7 Å². The maximum atomic E-state index is 13.4. The minimum atomic E-state index is -4.36. The van der Waals surface area contributed by atoms with Crippen LogP contribution >= 0.6 is 0 Å². The van der Waals surface area contributed by atoms with E-state index in [4.69, 9.17) is 0 Å². The summed E-state index contributed by atoms with van der Waals surface area (Å²) in [4.78, 5) is 0. The van der Waals surface area contributed by atoms with E-state index in [-0.39, 0.29) is 5.92 Å². The first-order valence-electron chi connectivity index (χ1n) is 6.26. The Morgan fingerprint density at radius 3 is 2.00 bits per heavy atom. The van der Waals surface area contributed by atoms with E-state index < -0.39 is 17.6 Å². The lowest BCUT2D eigenvalue weighted by Crippen LogP contribution is -2.04. The molecule has 20 heavy (non-hydrogen) atoms. The molecule has 0 N–H and O–H groups in total. The molecular formula is C16H14F4. The Balaban J connectivity index is 2.49. The molecule has 2 rings (SSSR count). The van der Waals surface area contributed by atoms with Gasteiger partial charge in [0.1, 0.15) is 5.82 Å². The van der Waals surface area contributed by atoms with Gasteiger partial charge in [-0.15, -0.1) is 0 Å². The topological polar surface area (TPSA) is 0 Å². The van der Waals surface area contributed by atoms with Crippen LogP contribution < -0.4 is 0 Å². The van der Waals surface area contributed by atoms with E-state index in [1.54, 1.807) is 6.07 Å². The molecule has 0 saturated heterocycles. The number of hydrogen-bond acceptors (Lipinski definition) is 0. The quantitative estimate of drug-likeness (QED) is 0.626. The summed E-state index contributed by atoms with van der Waals surface area (Å²) in [5, 5.41) is 0. The summed E-state index contributed by atoms with van der Waals surface area (Å²) in [6, 6.07) is 9.19. The van der Waals surface area contributed by atoms with Crippen molar-refractivity contribution in [3.8, 4) is 11.1 Å². The van der Waals surface area contributed by atoms with Crippen molar-refractivity contribution in [2.75, 3.05) is 0 Å². The van der Waals surface area contributed by atoms with Gasteiger partial charge in [-0.3, -0.25) is 0 Å². The third kappa shape index (κ3) is 3.00. The minimum absolute atomic E-state index is 0.160. The highest BCUT2D eigenvalue weighted by Crippen LogP contribution is 2.33. The third-order valence-corrected chi connectivity index (χ3v) is 3.16. The van der Waals surface area contributed by atoms with E-state index in [1.807, 2.05) is 13.8 Å². The van der Waals surface area contributed by atoms with Crippen LogP contribution in [0.4, 0.5) is 17.6 Å². The molecular weight excluding hydrogens is 268 g/mol. The van der Waals surface area contributed by atoms with Crippen LogP contribution in [-0.4, -0.2) is 0 Å². The van der Waals surface area contributed by atoms with Gasteiger partial charge >= 0.3 is 6.18 Å². The molecule has 0 aromatic heterocycles. The molecule has 0 bridgehead atoms. The van der Waals surface area contributed by atoms with Crippen LogP contribution in [0.1, 0.15) is 30.9 Å². The standard InChI is InChI=1S/C16H14F4/c1-10(2)14-8-7-13(17)9-15(14)11-3-5-12(6-4-11)16(18,19)20/h3-10H,1-2H3. The highest BCUT2D eigenvalue weighted by Gasteiger charge is 2.30. The van der Waals surface area contributed by atoms with Crippen molar-refractivity contribution in [2.45, 2.75) is 25.9 Å². The number of alkyl halides is 3. The molecule has 2 aromatic rings. The van der Waals surface area contributed by atoms with E-state index in [0.29, 0.717) is 11.1 Å². The van der Waals surface area contributed by atoms with Crippen LogP contribution in [0.15, 0.2) is 42.5 Å². The molecule has 0 aliphatic rings. The van der Waals surface area contributed by atoms with Crippen molar-refractivity contribution in [1.82, 2.24) is 0 Å². The zero-order chi connectivity index (χ0) is 14.9. The minimum Gasteiger partial charge on any atom is -0.207 e. The number of benzene rings is 2. The molecule has 106 valence electrons. The van der Waals surface area contributed by atoms with E-state index >= 15 is 0 Å². The van der Waals surface area contributed by atoms with E-state index in [1.165, 1.54) is 24.3 Å². The molecule has 0 amide bonds. The zero-order valence-electron chi connectivity index (χ0n) is 11.1. The van der Waals surface area contributed by atoms with Crippen LogP contribution in [0.5, 0.6) is 0 Å². The molecule has 0 atom stereocenters. The lowest BCUT2D eigenvalue weighted by Gasteiger charge is -2.14. The average Bonchev–Trinajstić information content (AvgIpc) is 2.37. The highest BCUT2D eigenvalue weighted by molar-refractivity contribution is 5.68. The second-order valence-electron chi connectivity index (χ2n) is 4.96. The average molecular weight is 282 g/mol. The summed E-state index contributed by atoms with van der Waals surface area (Å²) < 4.78 is 51.0. The summed E-state index contributed by atoms with van der Waals surface area (Å²) in [6.45, 7) is 3.92. The normalized spacial score (nSPS) is 11.9. The SMILES string of the molecule is CC(C)c1ccc(F)cc1-c1ccc(C(F)(F)F)cc1. The van der Waals surface area contributed by atoms with E-state index in [2.05, 4.69) is 0 Å². The Bertz CT molecular complexity index is 595. The van der Waals surface area contributed by atoms with Gasteiger partial charge in [-0.2, -0.15) is 13.2 Å². The van der Waals surface area contributed by atoms with Gasteiger partial charge < -0.3 is 0 Å². The van der Waals surface area contributed by atoms with Crippen LogP contribution in [0.2, 0.25) is 0 Å². The van der Waals surface area contributed by atoms with Gasteiger partial charge in [-0.05, 0) is 46.9 Å². The van der Waals surface area contributed by atoms with Gasteiger partial charge in [0, 0.05) is 0 Å². The van der Waals surface area contributed by atoms with Gasteiger partial charge in [0.25, 0.3) is 0 Å². The Labute approximate surface area is 115 Å². The van der Waals surface area contributed by atoms with Crippen LogP contribution in [-0.2, 0) is 6.18 Å². The van der Waals surface area contributed by atoms with Gasteiger partial charge in [0.15, 0.2) is 0 Å². The third-order valence-electron chi connectivity index (χ3n) is 3.16. The van der Waals surface area contributed by atoms with Crippen molar-refractivity contribution < 1.29 is 17.6 Å². The molecule has 0 unspecified atom stereocenters. The van der Waals surface area contributed by atoms with Crippen molar-refractivity contribution >= 4 is 0 Å². The molecule has 4 heteroatoms.